The van der Waals surface area contributed by atoms with Gasteiger partial charge in [0.2, 0.25) is 0 Å². The minimum Gasteiger partial charge on any atom is -0.497 e. The van der Waals surface area contributed by atoms with Crippen molar-refractivity contribution in [3.63, 3.8) is 0 Å². The summed E-state index contributed by atoms with van der Waals surface area (Å²) in [4.78, 5) is 4.51. The molecule has 5 heteroatoms. The predicted molar refractivity (Wildman–Crippen MR) is 88.4 cm³/mol. The van der Waals surface area contributed by atoms with Gasteiger partial charge in [-0.15, -0.1) is 0 Å². The SMILES string of the molecule is COc1ccc(NC(N)=NCC2CCOC3(CCC3)C2)cc1. The van der Waals surface area contributed by atoms with Crippen LogP contribution in [0, 0.1) is 5.92 Å². The third-order valence-electron chi connectivity index (χ3n) is 4.74. The van der Waals surface area contributed by atoms with Gasteiger partial charge in [-0.3, -0.25) is 4.99 Å². The first-order valence-corrected chi connectivity index (χ1v) is 8.04. The van der Waals surface area contributed by atoms with E-state index in [4.69, 9.17) is 15.2 Å². The second kappa shape index (κ2) is 6.57. The van der Waals surface area contributed by atoms with Crippen molar-refractivity contribution in [2.24, 2.45) is 16.6 Å². The number of guanidine groups is 1. The zero-order valence-corrected chi connectivity index (χ0v) is 13.2. The van der Waals surface area contributed by atoms with Gasteiger partial charge in [0.25, 0.3) is 0 Å². The van der Waals surface area contributed by atoms with Crippen molar-refractivity contribution in [1.29, 1.82) is 0 Å². The Labute approximate surface area is 131 Å². The third-order valence-corrected chi connectivity index (χ3v) is 4.74. The zero-order valence-electron chi connectivity index (χ0n) is 13.2. The molecule has 3 rings (SSSR count). The number of aliphatic imine (C=N–C) groups is 1. The standard InChI is InChI=1S/C17H25N3O2/c1-21-15-5-3-14(4-6-15)20-16(18)19-12-13-7-10-22-17(11-13)8-2-9-17/h3-6,13H,2,7-12H2,1H3,(H3,18,19,20). The molecule has 3 N–H and O–H groups in total. The van der Waals surface area contributed by atoms with E-state index in [-0.39, 0.29) is 5.60 Å². The Morgan fingerprint density at radius 1 is 1.41 bits per heavy atom. The molecule has 2 fully saturated rings. The first-order valence-electron chi connectivity index (χ1n) is 8.04. The summed E-state index contributed by atoms with van der Waals surface area (Å²) in [5.41, 5.74) is 7.08. The summed E-state index contributed by atoms with van der Waals surface area (Å²) in [5, 5.41) is 3.12. The molecule has 5 nitrogen and oxygen atoms in total. The Morgan fingerprint density at radius 3 is 2.82 bits per heavy atom. The highest BCUT2D eigenvalue weighted by Gasteiger charge is 2.42. The van der Waals surface area contributed by atoms with Crippen LogP contribution in [0.4, 0.5) is 5.69 Å². The number of hydrogen-bond acceptors (Lipinski definition) is 3. The van der Waals surface area contributed by atoms with Gasteiger partial charge < -0.3 is 20.5 Å². The molecule has 0 amide bonds. The minimum absolute atomic E-state index is 0.177. The van der Waals surface area contributed by atoms with Gasteiger partial charge in [0.15, 0.2) is 5.96 Å². The molecule has 0 aromatic heterocycles. The summed E-state index contributed by atoms with van der Waals surface area (Å²) < 4.78 is 11.1. The van der Waals surface area contributed by atoms with E-state index in [2.05, 4.69) is 10.3 Å². The summed E-state index contributed by atoms with van der Waals surface area (Å²) in [6.07, 6.45) is 5.95. The maximum Gasteiger partial charge on any atom is 0.193 e. The first kappa shape index (κ1) is 15.2. The molecule has 1 atom stereocenters. The number of rotatable bonds is 4. The van der Waals surface area contributed by atoms with Crippen LogP contribution in [-0.4, -0.2) is 31.8 Å². The van der Waals surface area contributed by atoms with Crippen molar-refractivity contribution < 1.29 is 9.47 Å². The summed E-state index contributed by atoms with van der Waals surface area (Å²) >= 11 is 0. The number of nitrogens with one attached hydrogen (secondary N) is 1. The van der Waals surface area contributed by atoms with Gasteiger partial charge in [-0.2, -0.15) is 0 Å². The normalized spacial score (nSPS) is 23.9. The van der Waals surface area contributed by atoms with Crippen LogP contribution in [0.25, 0.3) is 0 Å². The molecule has 120 valence electrons. The van der Waals surface area contributed by atoms with Crippen molar-refractivity contribution in [3.05, 3.63) is 24.3 Å². The molecule has 22 heavy (non-hydrogen) atoms. The van der Waals surface area contributed by atoms with Crippen LogP contribution in [-0.2, 0) is 4.74 Å². The summed E-state index contributed by atoms with van der Waals surface area (Å²) in [6, 6.07) is 7.65. The molecule has 1 saturated heterocycles. The Hall–Kier alpha value is -1.75. The second-order valence-electron chi connectivity index (χ2n) is 6.32. The fourth-order valence-corrected chi connectivity index (χ4v) is 3.29. The van der Waals surface area contributed by atoms with Gasteiger partial charge in [0.05, 0.1) is 12.7 Å². The molecule has 0 bridgehead atoms. The lowest BCUT2D eigenvalue weighted by Crippen LogP contribution is -2.46. The predicted octanol–water partition coefficient (Wildman–Crippen LogP) is 2.77. The van der Waals surface area contributed by atoms with Crippen LogP contribution < -0.4 is 15.8 Å². The van der Waals surface area contributed by atoms with Crippen molar-refractivity contribution in [1.82, 2.24) is 0 Å². The number of nitrogens with two attached hydrogens (primary N) is 1. The maximum absolute atomic E-state index is 5.98. The quantitative estimate of drug-likeness (QED) is 0.663. The molecule has 1 aliphatic carbocycles. The van der Waals surface area contributed by atoms with Crippen LogP contribution in [0.3, 0.4) is 0 Å². The Bertz CT molecular complexity index is 523. The summed E-state index contributed by atoms with van der Waals surface area (Å²) in [5.74, 6) is 1.89. The number of ether oxygens (including phenoxy) is 2. The molecular weight excluding hydrogens is 278 g/mol. The molecule has 1 heterocycles. The Balaban J connectivity index is 1.50. The number of nitrogens with zero attached hydrogens (tertiary/aromatic N) is 1. The van der Waals surface area contributed by atoms with Crippen molar-refractivity contribution in [3.8, 4) is 5.75 Å². The number of benzene rings is 1. The lowest BCUT2D eigenvalue weighted by atomic mass is 9.72. The van der Waals surface area contributed by atoms with E-state index in [9.17, 15) is 0 Å². The molecule has 1 aromatic rings. The molecular formula is C17H25N3O2. The van der Waals surface area contributed by atoms with Gasteiger partial charge in [0.1, 0.15) is 5.75 Å². The minimum atomic E-state index is 0.177. The topological polar surface area (TPSA) is 68.9 Å². The van der Waals surface area contributed by atoms with E-state index in [1.54, 1.807) is 7.11 Å². The van der Waals surface area contributed by atoms with Gasteiger partial charge in [-0.1, -0.05) is 0 Å². The van der Waals surface area contributed by atoms with Crippen LogP contribution in [0.5, 0.6) is 5.75 Å². The highest BCUT2D eigenvalue weighted by atomic mass is 16.5. The average molecular weight is 303 g/mol. The highest BCUT2D eigenvalue weighted by Crippen LogP contribution is 2.44. The van der Waals surface area contributed by atoms with Crippen molar-refractivity contribution in [2.45, 2.75) is 37.7 Å². The van der Waals surface area contributed by atoms with Crippen LogP contribution in [0.2, 0.25) is 0 Å². The highest BCUT2D eigenvalue weighted by molar-refractivity contribution is 5.92. The van der Waals surface area contributed by atoms with Gasteiger partial charge in [0, 0.05) is 18.8 Å². The Kier molecular flexibility index (Phi) is 4.52. The van der Waals surface area contributed by atoms with E-state index in [1.807, 2.05) is 24.3 Å². The van der Waals surface area contributed by atoms with Crippen molar-refractivity contribution in [2.75, 3.05) is 25.6 Å². The number of hydrogen-bond donors (Lipinski definition) is 2. The van der Waals surface area contributed by atoms with Crippen molar-refractivity contribution >= 4 is 11.6 Å². The summed E-state index contributed by atoms with van der Waals surface area (Å²) in [6.45, 7) is 1.64. The lowest BCUT2D eigenvalue weighted by molar-refractivity contribution is -0.141. The van der Waals surface area contributed by atoms with Crippen LogP contribution >= 0.6 is 0 Å². The maximum atomic E-state index is 5.98. The van der Waals surface area contributed by atoms with Gasteiger partial charge in [-0.05, 0) is 62.3 Å². The average Bonchev–Trinajstić information content (AvgIpc) is 2.52. The Morgan fingerprint density at radius 2 is 2.18 bits per heavy atom. The van der Waals surface area contributed by atoms with Gasteiger partial charge in [-0.25, -0.2) is 0 Å². The van der Waals surface area contributed by atoms with Gasteiger partial charge >= 0.3 is 0 Å². The molecule has 1 saturated carbocycles. The van der Waals surface area contributed by atoms with Crippen LogP contribution in [0.1, 0.15) is 32.1 Å². The van der Waals surface area contributed by atoms with E-state index in [0.717, 1.165) is 37.4 Å². The fourth-order valence-electron chi connectivity index (χ4n) is 3.29. The van der Waals surface area contributed by atoms with Crippen LogP contribution in [0.15, 0.2) is 29.3 Å². The number of methoxy groups -OCH3 is 1. The molecule has 1 unspecified atom stereocenters. The molecule has 1 aliphatic heterocycles. The fraction of sp³-hybridized carbons (Fsp3) is 0.588. The third kappa shape index (κ3) is 3.53. The molecule has 2 aliphatic rings. The second-order valence-corrected chi connectivity index (χ2v) is 6.32. The lowest BCUT2D eigenvalue weighted by Gasteiger charge is -2.47. The van der Waals surface area contributed by atoms with E-state index >= 15 is 0 Å². The monoisotopic (exact) mass is 303 g/mol. The largest absolute Gasteiger partial charge is 0.497 e. The molecule has 1 spiro atoms. The smallest absolute Gasteiger partial charge is 0.193 e. The van der Waals surface area contributed by atoms with E-state index in [0.29, 0.717) is 11.9 Å². The molecule has 0 radical (unpaired) electrons. The first-order chi connectivity index (χ1) is 10.7. The number of anilines is 1. The van der Waals surface area contributed by atoms with E-state index in [1.165, 1.54) is 19.3 Å². The summed E-state index contributed by atoms with van der Waals surface area (Å²) in [7, 11) is 1.65. The molecule has 1 aromatic carbocycles. The zero-order chi connectivity index (χ0) is 15.4. The van der Waals surface area contributed by atoms with E-state index < -0.39 is 0 Å².